The number of nitrogens with zero attached hydrogens (tertiary/aromatic N) is 2. The van der Waals surface area contributed by atoms with E-state index in [2.05, 4.69) is 15.2 Å². The molecule has 1 amide bonds. The molecule has 0 unspecified atom stereocenters. The summed E-state index contributed by atoms with van der Waals surface area (Å²) < 4.78 is 26.5. The molecule has 0 bridgehead atoms. The summed E-state index contributed by atoms with van der Waals surface area (Å²) in [5.41, 5.74) is 2.35. The average Bonchev–Trinajstić information content (AvgIpc) is 3.18. The fourth-order valence-corrected chi connectivity index (χ4v) is 3.69. The van der Waals surface area contributed by atoms with Gasteiger partial charge in [0.25, 0.3) is 5.91 Å². The molecule has 0 aliphatic carbocycles. The van der Waals surface area contributed by atoms with Crippen LogP contribution < -0.4 is 5.32 Å². The summed E-state index contributed by atoms with van der Waals surface area (Å²) in [6, 6.07) is 12.7. The van der Waals surface area contributed by atoms with Crippen molar-refractivity contribution in [1.29, 1.82) is 0 Å². The van der Waals surface area contributed by atoms with E-state index in [0.29, 0.717) is 31.9 Å². The molecular weight excluding hydrogens is 392 g/mol. The first-order valence-corrected chi connectivity index (χ1v) is 10.4. The van der Waals surface area contributed by atoms with E-state index in [0.717, 1.165) is 22.6 Å². The normalized spacial score (nSPS) is 11.0. The van der Waals surface area contributed by atoms with E-state index in [9.17, 15) is 13.6 Å². The third-order valence-corrected chi connectivity index (χ3v) is 5.15. The number of aromatic nitrogens is 1. The minimum absolute atomic E-state index is 0.169. The number of halogens is 2. The minimum Gasteiger partial charge on any atom is -0.351 e. The van der Waals surface area contributed by atoms with Crippen LogP contribution >= 0.6 is 11.3 Å². The van der Waals surface area contributed by atoms with Crippen LogP contribution in [0, 0.1) is 11.6 Å². The topological polar surface area (TPSA) is 45.2 Å². The quantitative estimate of drug-likeness (QED) is 0.548. The molecule has 1 heterocycles. The molecule has 0 saturated carbocycles. The maximum Gasteiger partial charge on any atom is 0.270 e. The summed E-state index contributed by atoms with van der Waals surface area (Å²) >= 11 is 1.43. The van der Waals surface area contributed by atoms with Crippen molar-refractivity contribution < 1.29 is 13.6 Å². The molecule has 7 heteroatoms. The van der Waals surface area contributed by atoms with Gasteiger partial charge in [-0.05, 0) is 41.8 Å². The Hall–Kier alpha value is -2.64. The van der Waals surface area contributed by atoms with E-state index < -0.39 is 0 Å². The zero-order chi connectivity index (χ0) is 20.6. The summed E-state index contributed by atoms with van der Waals surface area (Å²) in [7, 11) is 0. The monoisotopic (exact) mass is 415 g/mol. The van der Waals surface area contributed by atoms with Crippen molar-refractivity contribution in [2.24, 2.45) is 0 Å². The first-order chi connectivity index (χ1) is 14.0. The molecule has 0 saturated heterocycles. The molecule has 4 nitrogen and oxygen atoms in total. The first-order valence-electron chi connectivity index (χ1n) is 9.47. The Morgan fingerprint density at radius 3 is 2.03 bits per heavy atom. The third-order valence-electron chi connectivity index (χ3n) is 4.32. The second-order valence-corrected chi connectivity index (χ2v) is 7.72. The summed E-state index contributed by atoms with van der Waals surface area (Å²) in [5, 5.41) is 5.40. The maximum absolute atomic E-state index is 13.2. The SMILES string of the molecule is CCCNC(=O)c1csc(CN(Cc2ccc(F)cc2)Cc2ccc(F)cc2)n1. The number of amides is 1. The lowest BCUT2D eigenvalue weighted by Crippen LogP contribution is -2.25. The van der Waals surface area contributed by atoms with Gasteiger partial charge in [-0.1, -0.05) is 31.2 Å². The number of carbonyl (C=O) groups is 1. The van der Waals surface area contributed by atoms with E-state index >= 15 is 0 Å². The lowest BCUT2D eigenvalue weighted by atomic mass is 10.1. The van der Waals surface area contributed by atoms with Crippen LogP contribution in [0.4, 0.5) is 8.78 Å². The van der Waals surface area contributed by atoms with E-state index in [1.807, 2.05) is 6.92 Å². The zero-order valence-corrected chi connectivity index (χ0v) is 17.0. The van der Waals surface area contributed by atoms with E-state index in [4.69, 9.17) is 0 Å². The van der Waals surface area contributed by atoms with E-state index in [-0.39, 0.29) is 17.5 Å². The minimum atomic E-state index is -0.276. The van der Waals surface area contributed by atoms with Gasteiger partial charge in [0.1, 0.15) is 22.3 Å². The molecule has 1 N–H and O–H groups in total. The Morgan fingerprint density at radius 1 is 0.966 bits per heavy atom. The van der Waals surface area contributed by atoms with Gasteiger partial charge in [0.2, 0.25) is 0 Å². The van der Waals surface area contributed by atoms with Gasteiger partial charge in [0.15, 0.2) is 0 Å². The van der Waals surface area contributed by atoms with Crippen LogP contribution in [0.25, 0.3) is 0 Å². The van der Waals surface area contributed by atoms with E-state index in [1.54, 1.807) is 29.6 Å². The summed E-state index contributed by atoms with van der Waals surface area (Å²) in [6.45, 7) is 4.30. The van der Waals surface area contributed by atoms with Crippen molar-refractivity contribution in [3.8, 4) is 0 Å². The molecule has 0 spiro atoms. The fourth-order valence-electron chi connectivity index (χ4n) is 2.87. The number of nitrogens with one attached hydrogen (secondary N) is 1. The van der Waals surface area contributed by atoms with E-state index in [1.165, 1.54) is 35.6 Å². The number of thiazole rings is 1. The molecule has 0 aliphatic heterocycles. The number of hydrogen-bond acceptors (Lipinski definition) is 4. The highest BCUT2D eigenvalue weighted by Crippen LogP contribution is 2.18. The average molecular weight is 416 g/mol. The molecule has 3 rings (SSSR count). The molecule has 2 aromatic carbocycles. The van der Waals surface area contributed by atoms with Crippen molar-refractivity contribution in [3.63, 3.8) is 0 Å². The largest absolute Gasteiger partial charge is 0.351 e. The Labute approximate surface area is 173 Å². The molecule has 0 fully saturated rings. The zero-order valence-electron chi connectivity index (χ0n) is 16.2. The van der Waals surface area contributed by atoms with Crippen LogP contribution in [0.5, 0.6) is 0 Å². The van der Waals surface area contributed by atoms with Gasteiger partial charge in [-0.3, -0.25) is 9.69 Å². The van der Waals surface area contributed by atoms with Crippen molar-refractivity contribution in [3.05, 3.63) is 87.4 Å². The molecule has 1 aromatic heterocycles. The van der Waals surface area contributed by atoms with Gasteiger partial charge < -0.3 is 5.32 Å². The van der Waals surface area contributed by atoms with Gasteiger partial charge in [-0.2, -0.15) is 0 Å². The third kappa shape index (κ3) is 6.44. The first kappa shape index (κ1) is 21.1. The molecular formula is C22H23F2N3OS. The second-order valence-electron chi connectivity index (χ2n) is 6.78. The molecule has 3 aromatic rings. The Bertz CT molecular complexity index is 878. The Kier molecular flexibility index (Phi) is 7.43. The lowest BCUT2D eigenvalue weighted by Gasteiger charge is -2.21. The number of benzene rings is 2. The Balaban J connectivity index is 1.73. The van der Waals surface area contributed by atoms with Crippen LogP contribution in [0.2, 0.25) is 0 Å². The van der Waals surface area contributed by atoms with Crippen molar-refractivity contribution >= 4 is 17.2 Å². The predicted octanol–water partition coefficient (Wildman–Crippen LogP) is 4.76. The summed E-state index contributed by atoms with van der Waals surface area (Å²) in [5.74, 6) is -0.721. The second kappa shape index (κ2) is 10.2. The van der Waals surface area contributed by atoms with Crippen LogP contribution in [0.15, 0.2) is 53.9 Å². The van der Waals surface area contributed by atoms with Gasteiger partial charge in [0, 0.05) is 25.0 Å². The highest BCUT2D eigenvalue weighted by atomic mass is 32.1. The lowest BCUT2D eigenvalue weighted by molar-refractivity contribution is 0.0949. The van der Waals surface area contributed by atoms with Gasteiger partial charge >= 0.3 is 0 Å². The van der Waals surface area contributed by atoms with Crippen LogP contribution in [0.3, 0.4) is 0 Å². The summed E-state index contributed by atoms with van der Waals surface area (Å²) in [4.78, 5) is 18.7. The standard InChI is InChI=1S/C22H23F2N3OS/c1-2-11-25-22(28)20-15-29-21(26-20)14-27(12-16-3-7-18(23)8-4-16)13-17-5-9-19(24)10-6-17/h3-10,15H,2,11-14H2,1H3,(H,25,28). The smallest absolute Gasteiger partial charge is 0.270 e. The molecule has 0 aliphatic rings. The van der Waals surface area contributed by atoms with Crippen molar-refractivity contribution in [1.82, 2.24) is 15.2 Å². The molecule has 0 radical (unpaired) electrons. The number of carbonyl (C=O) groups excluding carboxylic acids is 1. The van der Waals surface area contributed by atoms with Crippen LogP contribution in [-0.2, 0) is 19.6 Å². The molecule has 152 valence electrons. The van der Waals surface area contributed by atoms with Crippen molar-refractivity contribution in [2.45, 2.75) is 33.0 Å². The van der Waals surface area contributed by atoms with Crippen LogP contribution in [0.1, 0.15) is 40.0 Å². The highest BCUT2D eigenvalue weighted by Gasteiger charge is 2.14. The number of hydrogen-bond donors (Lipinski definition) is 1. The highest BCUT2D eigenvalue weighted by molar-refractivity contribution is 7.09. The molecule has 0 atom stereocenters. The maximum atomic E-state index is 13.2. The van der Waals surface area contributed by atoms with Gasteiger partial charge in [-0.15, -0.1) is 11.3 Å². The Morgan fingerprint density at radius 2 is 1.52 bits per heavy atom. The van der Waals surface area contributed by atoms with Gasteiger partial charge in [-0.25, -0.2) is 13.8 Å². The summed E-state index contributed by atoms with van der Waals surface area (Å²) in [6.07, 6.45) is 0.867. The molecule has 29 heavy (non-hydrogen) atoms. The number of rotatable bonds is 9. The van der Waals surface area contributed by atoms with Gasteiger partial charge in [0.05, 0.1) is 6.54 Å². The van der Waals surface area contributed by atoms with Crippen LogP contribution in [-0.4, -0.2) is 22.3 Å². The van der Waals surface area contributed by atoms with Crippen molar-refractivity contribution in [2.75, 3.05) is 6.54 Å². The fraction of sp³-hybridized carbons (Fsp3) is 0.273. The predicted molar refractivity (Wildman–Crippen MR) is 110 cm³/mol.